The van der Waals surface area contributed by atoms with Gasteiger partial charge in [-0.25, -0.2) is 0 Å². The summed E-state index contributed by atoms with van der Waals surface area (Å²) in [6.45, 7) is 11.2. The highest BCUT2D eigenvalue weighted by Crippen LogP contribution is 2.26. The van der Waals surface area contributed by atoms with Gasteiger partial charge in [0.05, 0.1) is 0 Å². The lowest BCUT2D eigenvalue weighted by Gasteiger charge is -2.29. The van der Waals surface area contributed by atoms with Crippen LogP contribution in [0.5, 0.6) is 0 Å². The fraction of sp³-hybridized carbons (Fsp3) is 0.478. The first-order valence-corrected chi connectivity index (χ1v) is 9.81. The van der Waals surface area contributed by atoms with Crippen molar-refractivity contribution in [2.24, 2.45) is 5.11 Å². The average molecular weight is 365 g/mol. The van der Waals surface area contributed by atoms with E-state index in [4.69, 9.17) is 5.53 Å². The van der Waals surface area contributed by atoms with Gasteiger partial charge in [0.15, 0.2) is 0 Å². The molecule has 0 radical (unpaired) electrons. The Hall–Kier alpha value is -2.29. The summed E-state index contributed by atoms with van der Waals surface area (Å²) in [6.07, 6.45) is 2.15. The molecule has 0 N–H and O–H groups in total. The Morgan fingerprint density at radius 1 is 1.00 bits per heavy atom. The Labute approximate surface area is 163 Å². The monoisotopic (exact) mass is 364 g/mol. The van der Waals surface area contributed by atoms with E-state index in [2.05, 4.69) is 97.2 Å². The van der Waals surface area contributed by atoms with Crippen molar-refractivity contribution < 1.29 is 0 Å². The zero-order chi connectivity index (χ0) is 19.7. The first kappa shape index (κ1) is 21.0. The van der Waals surface area contributed by atoms with Gasteiger partial charge in [0.25, 0.3) is 0 Å². The number of aryl methyl sites for hydroxylation is 1. The molecule has 4 nitrogen and oxygen atoms in total. The normalized spacial score (nSPS) is 12.6. The van der Waals surface area contributed by atoms with Gasteiger partial charge in [-0.1, -0.05) is 80.5 Å². The van der Waals surface area contributed by atoms with Gasteiger partial charge in [-0.15, -0.1) is 0 Å². The standard InChI is InChI=1S/C23H32N4/c1-19(21-12-14-22(15-13-21)23(2,3)4)27(18-16-25-26-24)17-8-11-20-9-6-5-7-10-20/h5-7,9-10,12-15,19H,8,11,16-18H2,1-4H3. The highest BCUT2D eigenvalue weighted by atomic mass is 15.2. The third kappa shape index (κ3) is 6.74. The highest BCUT2D eigenvalue weighted by Gasteiger charge is 2.17. The lowest BCUT2D eigenvalue weighted by atomic mass is 9.86. The lowest BCUT2D eigenvalue weighted by Crippen LogP contribution is -2.31. The van der Waals surface area contributed by atoms with E-state index in [1.54, 1.807) is 0 Å². The lowest BCUT2D eigenvalue weighted by molar-refractivity contribution is 0.214. The molecule has 0 heterocycles. The van der Waals surface area contributed by atoms with E-state index in [1.807, 2.05) is 0 Å². The average Bonchev–Trinajstić information content (AvgIpc) is 2.66. The van der Waals surface area contributed by atoms with Gasteiger partial charge in [0.1, 0.15) is 0 Å². The number of rotatable bonds is 9. The van der Waals surface area contributed by atoms with Crippen molar-refractivity contribution in [2.45, 2.75) is 52.0 Å². The summed E-state index contributed by atoms with van der Waals surface area (Å²) in [5, 5.41) is 3.74. The van der Waals surface area contributed by atoms with Crippen LogP contribution >= 0.6 is 0 Å². The van der Waals surface area contributed by atoms with Gasteiger partial charge >= 0.3 is 0 Å². The summed E-state index contributed by atoms with van der Waals surface area (Å²) < 4.78 is 0. The van der Waals surface area contributed by atoms with Crippen molar-refractivity contribution in [1.29, 1.82) is 0 Å². The SMILES string of the molecule is CC(c1ccc(C(C)(C)C)cc1)N(CCCc1ccccc1)CCN=[N+]=[N-]. The van der Waals surface area contributed by atoms with E-state index in [0.717, 1.165) is 25.9 Å². The summed E-state index contributed by atoms with van der Waals surface area (Å²) in [7, 11) is 0. The first-order valence-electron chi connectivity index (χ1n) is 9.81. The molecule has 0 aliphatic rings. The van der Waals surface area contributed by atoms with Crippen LogP contribution in [-0.2, 0) is 11.8 Å². The van der Waals surface area contributed by atoms with Crippen molar-refractivity contribution in [1.82, 2.24) is 4.90 Å². The van der Waals surface area contributed by atoms with Crippen LogP contribution in [0.3, 0.4) is 0 Å². The molecule has 0 aliphatic heterocycles. The smallest absolute Gasteiger partial charge is 0.0386 e. The molecule has 27 heavy (non-hydrogen) atoms. The molecule has 0 fully saturated rings. The second-order valence-corrected chi connectivity index (χ2v) is 8.13. The highest BCUT2D eigenvalue weighted by molar-refractivity contribution is 5.29. The van der Waals surface area contributed by atoms with Gasteiger partial charge in [0.2, 0.25) is 0 Å². The Bertz CT molecular complexity index is 725. The van der Waals surface area contributed by atoms with Gasteiger partial charge in [-0.2, -0.15) is 0 Å². The minimum atomic E-state index is 0.165. The van der Waals surface area contributed by atoms with E-state index in [-0.39, 0.29) is 5.41 Å². The molecule has 2 rings (SSSR count). The number of hydrogen-bond acceptors (Lipinski definition) is 2. The fourth-order valence-electron chi connectivity index (χ4n) is 3.32. The van der Waals surface area contributed by atoms with Crippen LogP contribution in [0, 0.1) is 0 Å². The molecule has 1 unspecified atom stereocenters. The van der Waals surface area contributed by atoms with E-state index in [0.29, 0.717) is 12.6 Å². The fourth-order valence-corrected chi connectivity index (χ4v) is 3.32. The van der Waals surface area contributed by atoms with E-state index in [1.165, 1.54) is 16.7 Å². The molecule has 4 heteroatoms. The van der Waals surface area contributed by atoms with Crippen LogP contribution in [-0.4, -0.2) is 24.5 Å². The van der Waals surface area contributed by atoms with Crippen molar-refractivity contribution in [3.63, 3.8) is 0 Å². The molecule has 0 saturated heterocycles. The maximum atomic E-state index is 8.61. The molecule has 0 aromatic heterocycles. The molecule has 2 aromatic carbocycles. The van der Waals surface area contributed by atoms with Gasteiger partial charge in [-0.3, -0.25) is 4.90 Å². The molecule has 0 saturated carbocycles. The summed E-state index contributed by atoms with van der Waals surface area (Å²) in [6, 6.07) is 19.8. The second kappa shape index (κ2) is 10.1. The van der Waals surface area contributed by atoms with Crippen LogP contribution in [0.1, 0.15) is 56.8 Å². The summed E-state index contributed by atoms with van der Waals surface area (Å²) in [4.78, 5) is 5.32. The van der Waals surface area contributed by atoms with E-state index < -0.39 is 0 Å². The predicted octanol–water partition coefficient (Wildman–Crippen LogP) is 6.29. The zero-order valence-corrected chi connectivity index (χ0v) is 17.1. The van der Waals surface area contributed by atoms with E-state index >= 15 is 0 Å². The molecule has 0 aliphatic carbocycles. The third-order valence-corrected chi connectivity index (χ3v) is 5.11. The molecule has 0 amide bonds. The molecule has 0 spiro atoms. The molecular formula is C23H32N4. The molecule has 144 valence electrons. The Balaban J connectivity index is 2.03. The summed E-state index contributed by atoms with van der Waals surface area (Å²) >= 11 is 0. The minimum absolute atomic E-state index is 0.165. The predicted molar refractivity (Wildman–Crippen MR) is 114 cm³/mol. The summed E-state index contributed by atoms with van der Waals surface area (Å²) in [5.74, 6) is 0. The first-order chi connectivity index (χ1) is 12.9. The minimum Gasteiger partial charge on any atom is -0.296 e. The van der Waals surface area contributed by atoms with Crippen molar-refractivity contribution >= 4 is 0 Å². The molecular weight excluding hydrogens is 332 g/mol. The van der Waals surface area contributed by atoms with Crippen molar-refractivity contribution in [2.75, 3.05) is 19.6 Å². The van der Waals surface area contributed by atoms with Crippen LogP contribution in [0.2, 0.25) is 0 Å². The zero-order valence-electron chi connectivity index (χ0n) is 17.1. The Morgan fingerprint density at radius 3 is 2.26 bits per heavy atom. The van der Waals surface area contributed by atoms with Gasteiger partial charge < -0.3 is 0 Å². The Morgan fingerprint density at radius 2 is 1.67 bits per heavy atom. The largest absolute Gasteiger partial charge is 0.296 e. The van der Waals surface area contributed by atoms with Crippen LogP contribution in [0.25, 0.3) is 10.4 Å². The Kier molecular flexibility index (Phi) is 7.90. The second-order valence-electron chi connectivity index (χ2n) is 8.13. The van der Waals surface area contributed by atoms with Crippen molar-refractivity contribution in [3.8, 4) is 0 Å². The molecule has 0 bridgehead atoms. The topological polar surface area (TPSA) is 52.0 Å². The molecule has 1 atom stereocenters. The van der Waals surface area contributed by atoms with Gasteiger partial charge in [0, 0.05) is 24.0 Å². The number of hydrogen-bond donors (Lipinski definition) is 0. The van der Waals surface area contributed by atoms with Crippen LogP contribution in [0.15, 0.2) is 59.7 Å². The third-order valence-electron chi connectivity index (χ3n) is 5.11. The quantitative estimate of drug-likeness (QED) is 0.293. The van der Waals surface area contributed by atoms with Gasteiger partial charge in [-0.05, 0) is 53.9 Å². The van der Waals surface area contributed by atoms with Crippen molar-refractivity contribution in [3.05, 3.63) is 81.7 Å². The maximum absolute atomic E-state index is 8.61. The summed E-state index contributed by atoms with van der Waals surface area (Å²) in [5.41, 5.74) is 12.8. The number of nitrogens with zero attached hydrogens (tertiary/aromatic N) is 4. The maximum Gasteiger partial charge on any atom is 0.0386 e. The van der Waals surface area contributed by atoms with E-state index in [9.17, 15) is 0 Å². The number of azide groups is 1. The van der Waals surface area contributed by atoms with Crippen LogP contribution < -0.4 is 0 Å². The molecule has 2 aromatic rings. The number of benzene rings is 2. The van der Waals surface area contributed by atoms with Crippen LogP contribution in [0.4, 0.5) is 0 Å².